The molecule has 1 saturated heterocycles. The molecule has 0 radical (unpaired) electrons. The Morgan fingerprint density at radius 1 is 1.00 bits per heavy atom. The highest BCUT2D eigenvalue weighted by Crippen LogP contribution is 2.73. The first-order chi connectivity index (χ1) is 15.0. The largest absolute Gasteiger partial charge is 0.393 e. The highest BCUT2D eigenvalue weighted by Gasteiger charge is 2.78. The van der Waals surface area contributed by atoms with Crippen LogP contribution in [0.3, 0.4) is 0 Å². The predicted molar refractivity (Wildman–Crippen MR) is 125 cm³/mol. The van der Waals surface area contributed by atoms with Gasteiger partial charge in [-0.2, -0.15) is 0 Å². The third kappa shape index (κ3) is 2.75. The Kier molecular flexibility index (Phi) is 5.33. The first-order valence-electron chi connectivity index (χ1n) is 13.3. The van der Waals surface area contributed by atoms with E-state index in [1.165, 1.54) is 24.8 Å². The van der Waals surface area contributed by atoms with E-state index in [0.29, 0.717) is 24.2 Å². The number of aliphatic hydroxyl groups is 1. The highest BCUT2D eigenvalue weighted by molar-refractivity contribution is 6.01. The van der Waals surface area contributed by atoms with Gasteiger partial charge in [0, 0.05) is 11.8 Å². The Balaban J connectivity index is 1.44. The molecule has 1 N–H and O–H groups in total. The zero-order valence-corrected chi connectivity index (χ0v) is 21.1. The molecule has 0 aromatic carbocycles. The number of carbonyl (C=O) groups is 1. The Morgan fingerprint density at radius 3 is 2.44 bits per heavy atom. The Bertz CT molecular complexity index is 818. The van der Waals surface area contributed by atoms with Crippen LogP contribution in [0.1, 0.15) is 99.3 Å². The maximum Gasteiger partial charge on any atom is 0.191 e. The minimum Gasteiger partial charge on any atom is -0.393 e. The van der Waals surface area contributed by atoms with E-state index >= 15 is 0 Å². The molecule has 4 heteroatoms. The molecule has 1 heterocycles. The van der Waals surface area contributed by atoms with Crippen molar-refractivity contribution in [2.45, 2.75) is 117 Å². The summed E-state index contributed by atoms with van der Waals surface area (Å²) in [4.78, 5) is 25.8. The number of aliphatic hydroxyl groups excluding tert-OH is 1. The number of carbonyl (C=O) groups excluding carboxylic acids is 1. The lowest BCUT2D eigenvalue weighted by molar-refractivity contribution is -0.340. The quantitative estimate of drug-likeness (QED) is 0.527. The summed E-state index contributed by atoms with van der Waals surface area (Å²) in [5, 5.41) is 10.4. The van der Waals surface area contributed by atoms with E-state index < -0.39 is 17.3 Å². The molecule has 4 fully saturated rings. The van der Waals surface area contributed by atoms with Gasteiger partial charge in [-0.25, -0.2) is 9.78 Å². The summed E-state index contributed by atoms with van der Waals surface area (Å²) in [6.07, 6.45) is 10.4. The Hall–Kier alpha value is -0.710. The summed E-state index contributed by atoms with van der Waals surface area (Å²) in [5.41, 5.74) is -0.407. The summed E-state index contributed by atoms with van der Waals surface area (Å²) in [7, 11) is 0. The van der Waals surface area contributed by atoms with E-state index in [2.05, 4.69) is 41.5 Å². The van der Waals surface area contributed by atoms with E-state index in [4.69, 9.17) is 9.78 Å². The first kappa shape index (κ1) is 23.1. The molecule has 5 rings (SSSR count). The summed E-state index contributed by atoms with van der Waals surface area (Å²) < 4.78 is 0. The fraction of sp³-hybridized carbons (Fsp3) is 0.893. The molecule has 3 saturated carbocycles. The summed E-state index contributed by atoms with van der Waals surface area (Å²) in [6.45, 7) is 14.3. The smallest absolute Gasteiger partial charge is 0.191 e. The molecule has 1 spiro atoms. The van der Waals surface area contributed by atoms with Crippen LogP contribution in [-0.4, -0.2) is 28.2 Å². The van der Waals surface area contributed by atoms with Crippen molar-refractivity contribution in [3.8, 4) is 0 Å². The lowest BCUT2D eigenvalue weighted by Crippen LogP contribution is -2.66. The fourth-order valence-corrected chi connectivity index (χ4v) is 8.78. The topological polar surface area (TPSA) is 55.8 Å². The van der Waals surface area contributed by atoms with E-state index in [1.807, 2.05) is 6.08 Å². The van der Waals surface area contributed by atoms with Crippen molar-refractivity contribution < 1.29 is 19.7 Å². The van der Waals surface area contributed by atoms with Crippen LogP contribution in [0.25, 0.3) is 0 Å². The second-order valence-electron chi connectivity index (χ2n) is 13.0. The van der Waals surface area contributed by atoms with Gasteiger partial charge < -0.3 is 5.11 Å². The minimum atomic E-state index is -1.000. The normalized spacial score (nSPS) is 49.3. The van der Waals surface area contributed by atoms with Gasteiger partial charge in [0.2, 0.25) is 0 Å². The molecule has 32 heavy (non-hydrogen) atoms. The SMILES string of the molecule is CC(C)[C@@H](C)CC[C@@H](C)[C@H]1CC[C@H]2C3=CC(=O)[C@@]45C[C@@H](O)CC[C@]4(C)[C@]3(CC[C@]12C)OO5. The third-order valence-corrected chi connectivity index (χ3v) is 11.5. The molecule has 9 atom stereocenters. The van der Waals surface area contributed by atoms with Crippen molar-refractivity contribution in [3.05, 3.63) is 11.6 Å². The predicted octanol–water partition coefficient (Wildman–Crippen LogP) is 6.02. The van der Waals surface area contributed by atoms with Crippen LogP contribution in [0.5, 0.6) is 0 Å². The average molecular weight is 445 g/mol. The molecule has 2 bridgehead atoms. The van der Waals surface area contributed by atoms with Crippen molar-refractivity contribution in [2.75, 3.05) is 0 Å². The number of fused-ring (bicyclic) bond motifs is 2. The van der Waals surface area contributed by atoms with Crippen LogP contribution in [0, 0.1) is 40.4 Å². The first-order valence-corrected chi connectivity index (χ1v) is 13.3. The van der Waals surface area contributed by atoms with Gasteiger partial charge in [0.1, 0.15) is 5.60 Å². The second-order valence-corrected chi connectivity index (χ2v) is 13.0. The maximum absolute atomic E-state index is 13.6. The van der Waals surface area contributed by atoms with Crippen LogP contribution in [0.15, 0.2) is 11.6 Å². The molecule has 1 aliphatic heterocycles. The number of hydrogen-bond donors (Lipinski definition) is 1. The van der Waals surface area contributed by atoms with Gasteiger partial charge in [0.25, 0.3) is 0 Å². The molecule has 0 aromatic heterocycles. The highest BCUT2D eigenvalue weighted by atomic mass is 17.2. The van der Waals surface area contributed by atoms with Crippen molar-refractivity contribution in [3.63, 3.8) is 0 Å². The molecular formula is C28H44O4. The number of hydrogen-bond acceptors (Lipinski definition) is 4. The zero-order valence-electron chi connectivity index (χ0n) is 21.1. The van der Waals surface area contributed by atoms with Crippen LogP contribution in [0.4, 0.5) is 0 Å². The zero-order chi connectivity index (χ0) is 23.1. The molecular weight excluding hydrogens is 400 g/mol. The van der Waals surface area contributed by atoms with E-state index in [-0.39, 0.29) is 16.6 Å². The summed E-state index contributed by atoms with van der Waals surface area (Å²) in [5.74, 6) is 3.37. The fourth-order valence-electron chi connectivity index (χ4n) is 8.78. The van der Waals surface area contributed by atoms with Gasteiger partial charge in [0.15, 0.2) is 11.4 Å². The molecule has 4 aliphatic carbocycles. The van der Waals surface area contributed by atoms with Gasteiger partial charge in [0.05, 0.1) is 6.10 Å². The molecule has 180 valence electrons. The van der Waals surface area contributed by atoms with Crippen molar-refractivity contribution in [1.29, 1.82) is 0 Å². The summed E-state index contributed by atoms with van der Waals surface area (Å²) >= 11 is 0. The molecule has 0 unspecified atom stereocenters. The van der Waals surface area contributed by atoms with Crippen LogP contribution in [-0.2, 0) is 14.6 Å². The van der Waals surface area contributed by atoms with Gasteiger partial charge in [-0.3, -0.25) is 4.79 Å². The third-order valence-electron chi connectivity index (χ3n) is 11.5. The standard InChI is InChI=1S/C28H44O4/c1-17(2)18(3)7-8-19(4)21-9-10-22-23-15-24(30)28-16-20(29)11-12-26(28,6)27(23,31-32-28)14-13-25(21,22)5/h15,17-22,29H,7-14,16H2,1-6H3/t18-,19+,20-,21+,22-,25+,26+,27+,28-/m0/s1. The van der Waals surface area contributed by atoms with Crippen molar-refractivity contribution in [1.82, 2.24) is 0 Å². The molecule has 0 amide bonds. The lowest BCUT2D eigenvalue weighted by atomic mass is 9.44. The van der Waals surface area contributed by atoms with E-state index in [9.17, 15) is 9.90 Å². The second kappa shape index (κ2) is 7.39. The van der Waals surface area contributed by atoms with Gasteiger partial charge in [-0.1, -0.05) is 54.4 Å². The average Bonchev–Trinajstić information content (AvgIpc) is 3.18. The van der Waals surface area contributed by atoms with Crippen LogP contribution < -0.4 is 0 Å². The lowest BCUT2D eigenvalue weighted by Gasteiger charge is -2.59. The number of rotatable bonds is 5. The number of ketones is 1. The maximum atomic E-state index is 13.6. The molecule has 0 aromatic rings. The Labute approximate surface area is 194 Å². The van der Waals surface area contributed by atoms with Crippen molar-refractivity contribution in [2.24, 2.45) is 40.4 Å². The molecule has 5 aliphatic rings. The van der Waals surface area contributed by atoms with Gasteiger partial charge in [-0.05, 0) is 85.2 Å². The molecule has 4 nitrogen and oxygen atoms in total. The van der Waals surface area contributed by atoms with Crippen LogP contribution in [0.2, 0.25) is 0 Å². The minimum absolute atomic E-state index is 0.0355. The summed E-state index contributed by atoms with van der Waals surface area (Å²) in [6, 6.07) is 0. The monoisotopic (exact) mass is 444 g/mol. The Morgan fingerprint density at radius 2 is 1.72 bits per heavy atom. The van der Waals surface area contributed by atoms with Gasteiger partial charge >= 0.3 is 0 Å². The van der Waals surface area contributed by atoms with Crippen LogP contribution >= 0.6 is 0 Å². The van der Waals surface area contributed by atoms with Crippen molar-refractivity contribution >= 4 is 5.78 Å². The van der Waals surface area contributed by atoms with Gasteiger partial charge in [-0.15, -0.1) is 0 Å². The van der Waals surface area contributed by atoms with E-state index in [1.54, 1.807) is 0 Å². The van der Waals surface area contributed by atoms with E-state index in [0.717, 1.165) is 43.9 Å².